The molecule has 1 aliphatic carbocycles. The van der Waals surface area contributed by atoms with Gasteiger partial charge in [0.2, 0.25) is 5.95 Å². The van der Waals surface area contributed by atoms with Crippen LogP contribution in [0.5, 0.6) is 0 Å². The Balaban J connectivity index is 1.38. The first-order valence-electron chi connectivity index (χ1n) is 11.9. The van der Waals surface area contributed by atoms with E-state index in [1.54, 1.807) is 24.0 Å². The van der Waals surface area contributed by atoms with Crippen molar-refractivity contribution < 1.29 is 13.9 Å². The van der Waals surface area contributed by atoms with Gasteiger partial charge < -0.3 is 20.4 Å². The Labute approximate surface area is 202 Å². The number of ether oxygens (including phenoxy) is 1. The zero-order valence-electron chi connectivity index (χ0n) is 20.1. The SMILES string of the molecule is CO[C@H]1CC[C@H](NC(=O)c2cnn3ccc(-c4c[nH]c5nc(NCC(C)(C)F)ncc45)cc23)CC1. The number of pyridine rings is 1. The van der Waals surface area contributed by atoms with Gasteiger partial charge in [-0.25, -0.2) is 13.9 Å². The molecule has 4 aromatic heterocycles. The van der Waals surface area contributed by atoms with Crippen molar-refractivity contribution in [1.82, 2.24) is 29.9 Å². The minimum absolute atomic E-state index is 0.114. The predicted molar refractivity (Wildman–Crippen MR) is 132 cm³/mol. The maximum atomic E-state index is 13.8. The zero-order valence-corrected chi connectivity index (χ0v) is 20.1. The molecule has 1 amide bonds. The molecular weight excluding hydrogens is 449 g/mol. The van der Waals surface area contributed by atoms with Crippen LogP contribution in [-0.2, 0) is 4.74 Å². The minimum Gasteiger partial charge on any atom is -0.381 e. The van der Waals surface area contributed by atoms with E-state index in [0.717, 1.165) is 47.7 Å². The number of alkyl halides is 1. The highest BCUT2D eigenvalue weighted by Gasteiger charge is 2.24. The summed E-state index contributed by atoms with van der Waals surface area (Å²) in [6.07, 6.45) is 11.0. The predicted octanol–water partition coefficient (Wildman–Crippen LogP) is 4.12. The summed E-state index contributed by atoms with van der Waals surface area (Å²) in [6.45, 7) is 3.11. The molecule has 4 heterocycles. The Morgan fingerprint density at radius 3 is 2.83 bits per heavy atom. The Morgan fingerprint density at radius 1 is 1.29 bits per heavy atom. The van der Waals surface area contributed by atoms with Crippen LogP contribution in [0.4, 0.5) is 10.3 Å². The normalized spacial score (nSPS) is 18.7. The van der Waals surface area contributed by atoms with Gasteiger partial charge in [0.05, 0.1) is 29.9 Å². The molecule has 0 unspecified atom stereocenters. The highest BCUT2D eigenvalue weighted by Crippen LogP contribution is 2.29. The highest BCUT2D eigenvalue weighted by atomic mass is 19.1. The molecule has 0 aliphatic heterocycles. The van der Waals surface area contributed by atoms with Gasteiger partial charge in [-0.3, -0.25) is 4.79 Å². The molecule has 3 N–H and O–H groups in total. The van der Waals surface area contributed by atoms with Crippen LogP contribution in [0.3, 0.4) is 0 Å². The van der Waals surface area contributed by atoms with Gasteiger partial charge in [0.15, 0.2) is 0 Å². The average Bonchev–Trinajstić information content (AvgIpc) is 3.46. The average molecular weight is 480 g/mol. The maximum absolute atomic E-state index is 13.8. The lowest BCUT2D eigenvalue weighted by molar-refractivity contribution is 0.0599. The quantitative estimate of drug-likeness (QED) is 0.368. The molecule has 1 saturated carbocycles. The number of halogens is 1. The maximum Gasteiger partial charge on any atom is 0.255 e. The number of anilines is 1. The molecule has 4 aromatic rings. The second-order valence-electron chi connectivity index (χ2n) is 9.72. The van der Waals surface area contributed by atoms with Crippen molar-refractivity contribution in [2.45, 2.75) is 57.3 Å². The molecule has 0 bridgehead atoms. The highest BCUT2D eigenvalue weighted by molar-refractivity contribution is 6.02. The number of methoxy groups -OCH3 is 1. The lowest BCUT2D eigenvalue weighted by Gasteiger charge is -2.28. The number of carbonyl (C=O) groups is 1. The van der Waals surface area contributed by atoms with Crippen molar-refractivity contribution in [1.29, 1.82) is 0 Å². The number of aromatic nitrogens is 5. The smallest absolute Gasteiger partial charge is 0.255 e. The largest absolute Gasteiger partial charge is 0.381 e. The first-order chi connectivity index (χ1) is 16.8. The molecule has 10 heteroatoms. The van der Waals surface area contributed by atoms with Crippen molar-refractivity contribution in [3.63, 3.8) is 0 Å². The van der Waals surface area contributed by atoms with Crippen LogP contribution in [0.15, 0.2) is 36.9 Å². The third-order valence-corrected chi connectivity index (χ3v) is 6.52. The van der Waals surface area contributed by atoms with Gasteiger partial charge in [-0.15, -0.1) is 0 Å². The molecule has 0 saturated heterocycles. The van der Waals surface area contributed by atoms with Crippen LogP contribution in [0.1, 0.15) is 49.9 Å². The molecule has 0 aromatic carbocycles. The van der Waals surface area contributed by atoms with Crippen molar-refractivity contribution in [3.8, 4) is 11.1 Å². The van der Waals surface area contributed by atoms with Crippen LogP contribution < -0.4 is 10.6 Å². The van der Waals surface area contributed by atoms with Gasteiger partial charge in [-0.1, -0.05) is 0 Å². The van der Waals surface area contributed by atoms with Crippen LogP contribution in [0, 0.1) is 0 Å². The van der Waals surface area contributed by atoms with E-state index < -0.39 is 5.67 Å². The van der Waals surface area contributed by atoms with Crippen molar-refractivity contribution >= 4 is 28.4 Å². The summed E-state index contributed by atoms with van der Waals surface area (Å²) < 4.78 is 20.9. The fourth-order valence-electron chi connectivity index (χ4n) is 4.55. The summed E-state index contributed by atoms with van der Waals surface area (Å²) in [5, 5.41) is 11.3. The molecule has 1 aliphatic rings. The van der Waals surface area contributed by atoms with E-state index in [1.165, 1.54) is 13.8 Å². The monoisotopic (exact) mass is 479 g/mol. The van der Waals surface area contributed by atoms with E-state index in [9.17, 15) is 9.18 Å². The van der Waals surface area contributed by atoms with Crippen molar-refractivity contribution in [2.24, 2.45) is 0 Å². The van der Waals surface area contributed by atoms with E-state index in [4.69, 9.17) is 4.74 Å². The van der Waals surface area contributed by atoms with Gasteiger partial charge in [0.1, 0.15) is 11.3 Å². The topological polar surface area (TPSA) is 109 Å². The van der Waals surface area contributed by atoms with Gasteiger partial charge in [0.25, 0.3) is 5.91 Å². The van der Waals surface area contributed by atoms with E-state index in [2.05, 4.69) is 30.7 Å². The molecule has 5 rings (SSSR count). The molecule has 184 valence electrons. The fourth-order valence-corrected chi connectivity index (χ4v) is 4.55. The van der Waals surface area contributed by atoms with Crippen LogP contribution >= 0.6 is 0 Å². The second-order valence-corrected chi connectivity index (χ2v) is 9.72. The third-order valence-electron chi connectivity index (χ3n) is 6.52. The summed E-state index contributed by atoms with van der Waals surface area (Å²) in [6, 6.07) is 4.03. The molecule has 0 atom stereocenters. The Kier molecular flexibility index (Phi) is 6.14. The number of nitrogens with zero attached hydrogens (tertiary/aromatic N) is 4. The number of hydrogen-bond donors (Lipinski definition) is 3. The second kappa shape index (κ2) is 9.26. The van der Waals surface area contributed by atoms with E-state index in [1.807, 2.05) is 24.5 Å². The lowest BCUT2D eigenvalue weighted by atomic mass is 9.93. The molecule has 1 fully saturated rings. The number of rotatable bonds is 7. The van der Waals surface area contributed by atoms with Crippen LogP contribution in [-0.4, -0.2) is 61.9 Å². The Bertz CT molecular complexity index is 1350. The molecule has 9 nitrogen and oxygen atoms in total. The summed E-state index contributed by atoms with van der Waals surface area (Å²) in [4.78, 5) is 25.0. The minimum atomic E-state index is -1.37. The standard InChI is InChI=1S/C25H30FN7O2/c1-25(2,26)14-29-24-28-12-19-18(11-27-22(19)32-24)15-8-9-33-21(10-15)20(13-30-33)23(34)31-16-4-6-17(35-3)7-5-16/h8-13,16-17H,4-7,14H2,1-3H3,(H,31,34)(H2,27,28,29,32)/t16-,17-. The summed E-state index contributed by atoms with van der Waals surface area (Å²) >= 11 is 0. The Morgan fingerprint density at radius 2 is 2.09 bits per heavy atom. The van der Waals surface area contributed by atoms with Crippen LogP contribution in [0.25, 0.3) is 27.7 Å². The van der Waals surface area contributed by atoms with Gasteiger partial charge in [-0.2, -0.15) is 10.1 Å². The molecule has 35 heavy (non-hydrogen) atoms. The lowest BCUT2D eigenvalue weighted by Crippen LogP contribution is -2.38. The van der Waals surface area contributed by atoms with E-state index in [0.29, 0.717) is 17.2 Å². The number of aromatic amines is 1. The van der Waals surface area contributed by atoms with Crippen LogP contribution in [0.2, 0.25) is 0 Å². The Hall–Kier alpha value is -3.53. The summed E-state index contributed by atoms with van der Waals surface area (Å²) in [5.41, 5.74) is 2.36. The molecule has 0 radical (unpaired) electrons. The van der Waals surface area contributed by atoms with Crippen molar-refractivity contribution in [2.75, 3.05) is 19.0 Å². The van der Waals surface area contributed by atoms with E-state index in [-0.39, 0.29) is 24.6 Å². The number of carbonyl (C=O) groups excluding carboxylic acids is 1. The zero-order chi connectivity index (χ0) is 24.6. The first kappa shape index (κ1) is 23.2. The molecular formula is C25H30FN7O2. The summed E-state index contributed by atoms with van der Waals surface area (Å²) in [5.74, 6) is 0.244. The van der Waals surface area contributed by atoms with Crippen molar-refractivity contribution in [3.05, 3.63) is 42.5 Å². The number of fused-ring (bicyclic) bond motifs is 2. The number of nitrogens with one attached hydrogen (secondary N) is 3. The van der Waals surface area contributed by atoms with E-state index >= 15 is 0 Å². The van der Waals surface area contributed by atoms with Gasteiger partial charge in [-0.05, 0) is 57.2 Å². The molecule has 0 spiro atoms. The number of amides is 1. The number of hydrogen-bond acceptors (Lipinski definition) is 6. The van der Waals surface area contributed by atoms with Gasteiger partial charge >= 0.3 is 0 Å². The number of H-pyrrole nitrogens is 1. The third kappa shape index (κ3) is 4.97. The summed E-state index contributed by atoms with van der Waals surface area (Å²) in [7, 11) is 1.74. The fraction of sp³-hybridized carbons (Fsp3) is 0.440. The first-order valence-corrected chi connectivity index (χ1v) is 11.9. The van der Waals surface area contributed by atoms with Gasteiger partial charge in [0, 0.05) is 42.7 Å².